The first-order chi connectivity index (χ1) is 21.4. The molecule has 9 atom stereocenters. The van der Waals surface area contributed by atoms with Crippen molar-refractivity contribution in [1.29, 1.82) is 0 Å². The van der Waals surface area contributed by atoms with Gasteiger partial charge in [-0.25, -0.2) is 0 Å². The minimum Gasteiger partial charge on any atom is -0.472 e. The summed E-state index contributed by atoms with van der Waals surface area (Å²) in [6, 6.07) is 1.72. The average molecular weight is 641 g/mol. The topological polar surface area (TPSA) is 156 Å². The Morgan fingerprint density at radius 1 is 1.07 bits per heavy atom. The molecular weight excluding hydrogens is 596 g/mol. The molecular formula is C35H44O11. The van der Waals surface area contributed by atoms with Crippen molar-refractivity contribution in [1.82, 2.24) is 0 Å². The molecule has 6 rings (SSSR count). The predicted molar refractivity (Wildman–Crippen MR) is 159 cm³/mol. The molecule has 4 fully saturated rings. The first-order valence-corrected chi connectivity index (χ1v) is 16.2. The number of esters is 4. The van der Waals surface area contributed by atoms with E-state index in [-0.39, 0.29) is 24.8 Å². The number of ketones is 1. The lowest BCUT2D eigenvalue weighted by Gasteiger charge is -2.66. The molecule has 3 saturated carbocycles. The number of carbonyl (C=O) groups is 5. The number of aliphatic hydroxyl groups is 1. The van der Waals surface area contributed by atoms with Crippen LogP contribution in [0, 0.1) is 39.9 Å². The molecule has 11 heteroatoms. The van der Waals surface area contributed by atoms with Crippen LogP contribution in [0.1, 0.15) is 92.2 Å². The molecule has 0 spiro atoms. The minimum absolute atomic E-state index is 0.00896. The molecule has 1 N–H and O–H groups in total. The van der Waals surface area contributed by atoms with Gasteiger partial charge in [0.1, 0.15) is 12.2 Å². The summed E-state index contributed by atoms with van der Waals surface area (Å²) in [7, 11) is 1.29. The lowest BCUT2D eigenvalue weighted by molar-refractivity contribution is -0.280. The van der Waals surface area contributed by atoms with Gasteiger partial charge in [-0.3, -0.25) is 24.0 Å². The van der Waals surface area contributed by atoms with Crippen LogP contribution < -0.4 is 0 Å². The van der Waals surface area contributed by atoms with Crippen molar-refractivity contribution in [2.75, 3.05) is 7.11 Å². The van der Waals surface area contributed by atoms with Gasteiger partial charge in [0.05, 0.1) is 37.9 Å². The monoisotopic (exact) mass is 640 g/mol. The van der Waals surface area contributed by atoms with Crippen LogP contribution in [0.15, 0.2) is 34.2 Å². The van der Waals surface area contributed by atoms with Crippen LogP contribution in [-0.2, 0) is 42.9 Å². The highest BCUT2D eigenvalue weighted by atomic mass is 16.6. The van der Waals surface area contributed by atoms with Gasteiger partial charge in [-0.15, -0.1) is 0 Å². The fourth-order valence-corrected chi connectivity index (χ4v) is 10.1. The largest absolute Gasteiger partial charge is 0.472 e. The third kappa shape index (κ3) is 3.83. The van der Waals surface area contributed by atoms with E-state index < -0.39 is 93.0 Å². The van der Waals surface area contributed by atoms with Crippen molar-refractivity contribution in [3.05, 3.63) is 35.3 Å². The normalized spacial score (nSPS) is 40.8. The van der Waals surface area contributed by atoms with Crippen LogP contribution in [0.2, 0.25) is 0 Å². The Kier molecular flexibility index (Phi) is 7.24. The van der Waals surface area contributed by atoms with Crippen molar-refractivity contribution in [3.8, 4) is 0 Å². The molecule has 0 unspecified atom stereocenters. The first kappa shape index (κ1) is 32.5. The van der Waals surface area contributed by atoms with Crippen LogP contribution in [-0.4, -0.2) is 59.2 Å². The number of Topliss-reactive ketones (excluding diaryl/α,β-unsaturated/α-hetero) is 1. The molecule has 0 amide bonds. The Morgan fingerprint density at radius 2 is 1.74 bits per heavy atom. The van der Waals surface area contributed by atoms with Crippen LogP contribution in [0.5, 0.6) is 0 Å². The van der Waals surface area contributed by atoms with Gasteiger partial charge in [-0.05, 0) is 36.3 Å². The number of hydrogen-bond donors (Lipinski definition) is 1. The van der Waals surface area contributed by atoms with E-state index >= 15 is 4.79 Å². The molecule has 1 aliphatic heterocycles. The summed E-state index contributed by atoms with van der Waals surface area (Å²) >= 11 is 0. The summed E-state index contributed by atoms with van der Waals surface area (Å²) < 4.78 is 28.9. The molecule has 46 heavy (non-hydrogen) atoms. The number of rotatable bonds is 7. The summed E-state index contributed by atoms with van der Waals surface area (Å²) in [4.78, 5) is 68.4. The molecule has 2 bridgehead atoms. The third-order valence-corrected chi connectivity index (χ3v) is 12.3. The molecule has 11 nitrogen and oxygen atoms in total. The molecule has 250 valence electrons. The summed E-state index contributed by atoms with van der Waals surface area (Å²) in [6.45, 7) is 12.2. The highest BCUT2D eigenvalue weighted by Crippen LogP contribution is 2.81. The molecule has 0 radical (unpaired) electrons. The molecule has 4 aliphatic carbocycles. The quantitative estimate of drug-likeness (QED) is 0.333. The van der Waals surface area contributed by atoms with Gasteiger partial charge in [0.25, 0.3) is 0 Å². The summed E-state index contributed by atoms with van der Waals surface area (Å²) in [5, 5.41) is 13.1. The minimum atomic E-state index is -2.50. The summed E-state index contributed by atoms with van der Waals surface area (Å²) in [5.74, 6) is -5.46. The highest BCUT2D eigenvalue weighted by Gasteiger charge is 2.92. The van der Waals surface area contributed by atoms with E-state index in [4.69, 9.17) is 23.4 Å². The summed E-state index contributed by atoms with van der Waals surface area (Å²) in [6.07, 6.45) is 1.42. The van der Waals surface area contributed by atoms with E-state index in [1.807, 2.05) is 13.8 Å². The van der Waals surface area contributed by atoms with E-state index in [1.54, 1.807) is 40.7 Å². The molecule has 2 heterocycles. The highest BCUT2D eigenvalue weighted by molar-refractivity contribution is 6.08. The zero-order valence-electron chi connectivity index (χ0n) is 27.8. The lowest BCUT2D eigenvalue weighted by atomic mass is 9.41. The van der Waals surface area contributed by atoms with Gasteiger partial charge >= 0.3 is 23.9 Å². The number of cyclic esters (lactones) is 1. The molecule has 5 aliphatic rings. The number of fused-ring (bicyclic) bond motifs is 4. The lowest BCUT2D eigenvalue weighted by Crippen LogP contribution is -2.79. The van der Waals surface area contributed by atoms with Gasteiger partial charge < -0.3 is 28.5 Å². The maximum absolute atomic E-state index is 15.3. The van der Waals surface area contributed by atoms with Crippen molar-refractivity contribution in [3.63, 3.8) is 0 Å². The van der Waals surface area contributed by atoms with E-state index in [9.17, 15) is 24.3 Å². The van der Waals surface area contributed by atoms with Crippen LogP contribution in [0.3, 0.4) is 0 Å². The van der Waals surface area contributed by atoms with Gasteiger partial charge in [0, 0.05) is 40.2 Å². The van der Waals surface area contributed by atoms with Crippen LogP contribution in [0.4, 0.5) is 0 Å². The Bertz CT molecular complexity index is 1540. The maximum atomic E-state index is 15.3. The third-order valence-electron chi connectivity index (χ3n) is 12.3. The Labute approximate surface area is 268 Å². The Balaban J connectivity index is 1.65. The number of furan rings is 1. The second-order valence-corrected chi connectivity index (χ2v) is 15.3. The first-order valence-electron chi connectivity index (χ1n) is 16.2. The molecule has 1 aromatic heterocycles. The predicted octanol–water partition coefficient (Wildman–Crippen LogP) is 4.41. The molecule has 1 aromatic rings. The second-order valence-electron chi connectivity index (χ2n) is 15.3. The van der Waals surface area contributed by atoms with Crippen LogP contribution >= 0.6 is 0 Å². The van der Waals surface area contributed by atoms with Crippen molar-refractivity contribution in [2.45, 2.75) is 104 Å². The smallest absolute Gasteiger partial charge is 0.310 e. The fourth-order valence-electron chi connectivity index (χ4n) is 10.1. The van der Waals surface area contributed by atoms with Gasteiger partial charge in [-0.2, -0.15) is 0 Å². The van der Waals surface area contributed by atoms with E-state index in [0.717, 1.165) is 0 Å². The van der Waals surface area contributed by atoms with Crippen molar-refractivity contribution in [2.24, 2.45) is 39.9 Å². The van der Waals surface area contributed by atoms with Crippen LogP contribution in [0.25, 0.3) is 0 Å². The zero-order valence-corrected chi connectivity index (χ0v) is 27.8. The fraction of sp³-hybridized carbons (Fsp3) is 0.686. The number of ether oxygens (including phenoxy) is 4. The van der Waals surface area contributed by atoms with E-state index in [1.165, 1.54) is 19.6 Å². The molecule has 1 saturated heterocycles. The Morgan fingerprint density at radius 3 is 2.33 bits per heavy atom. The SMILES string of the molecule is COC(=O)C[C@H]1[C@@]2(C)C[C@@]3(OC(=O)C(C)C)[C@]1(C)[C@H]1CC[C@]4(C)C(=C1C(=O)[C@@]3(O)[C@H]2OC(=O)C(C)C)CC(=O)O[C@H]4c1ccoc1. The van der Waals surface area contributed by atoms with E-state index in [2.05, 4.69) is 0 Å². The van der Waals surface area contributed by atoms with Crippen molar-refractivity contribution < 1.29 is 52.4 Å². The van der Waals surface area contributed by atoms with Gasteiger partial charge in [0.2, 0.25) is 5.60 Å². The zero-order chi connectivity index (χ0) is 33.8. The van der Waals surface area contributed by atoms with Gasteiger partial charge in [0.15, 0.2) is 11.4 Å². The standard InChI is InChI=1S/C35H44O11/c1-17(2)28(39)45-30-32(6)16-34(46-29(40)18(3)4)33(7,22(32)14-23(36)42-8)20-9-11-31(5)21(25(20)26(38)35(30,34)41)13-24(37)44-27(31)19-10-12-43-15-19/h10,12,15,17-18,20,22,27,30,41H,9,11,13-14,16H2,1-8H3/t20-,22-,27-,30-,31+,32+,33+,34+,35+/m0/s1. The maximum Gasteiger partial charge on any atom is 0.310 e. The van der Waals surface area contributed by atoms with E-state index in [0.29, 0.717) is 24.0 Å². The second kappa shape index (κ2) is 10.3. The average Bonchev–Trinajstić information content (AvgIpc) is 3.64. The number of methoxy groups -OCH3 is 1. The van der Waals surface area contributed by atoms with Gasteiger partial charge in [-0.1, -0.05) is 48.5 Å². The number of hydrogen-bond acceptors (Lipinski definition) is 11. The molecule has 0 aromatic carbocycles. The van der Waals surface area contributed by atoms with Crippen molar-refractivity contribution >= 4 is 29.7 Å². The Hall–Kier alpha value is -3.47. The number of carbonyl (C=O) groups excluding carboxylic acids is 5. The summed E-state index contributed by atoms with van der Waals surface area (Å²) in [5.41, 5.74) is -6.06.